The van der Waals surface area contributed by atoms with Crippen LogP contribution in [0.4, 0.5) is 17.1 Å². The monoisotopic (exact) mass is 366 g/mol. The molecule has 0 saturated heterocycles. The van der Waals surface area contributed by atoms with E-state index in [0.29, 0.717) is 6.04 Å². The molecule has 0 atom stereocenters. The van der Waals surface area contributed by atoms with Crippen LogP contribution in [0.25, 0.3) is 21.9 Å². The molecule has 136 valence electrons. The van der Waals surface area contributed by atoms with E-state index >= 15 is 0 Å². The maximum atomic E-state index is 6.12. The van der Waals surface area contributed by atoms with E-state index in [1.54, 1.807) is 0 Å². The summed E-state index contributed by atoms with van der Waals surface area (Å²) in [4.78, 5) is 0. The van der Waals surface area contributed by atoms with Gasteiger partial charge in [-0.1, -0.05) is 41.3 Å². The number of benzene rings is 3. The van der Waals surface area contributed by atoms with Crippen molar-refractivity contribution in [1.82, 2.24) is 4.58 Å². The van der Waals surface area contributed by atoms with Crippen molar-refractivity contribution in [3.8, 4) is 0 Å². The van der Waals surface area contributed by atoms with Crippen molar-refractivity contribution in [3.63, 3.8) is 0 Å². The molecular weight excluding hydrogens is 344 g/mol. The van der Waals surface area contributed by atoms with Crippen LogP contribution < -0.4 is 4.58 Å². The third kappa shape index (κ3) is 2.37. The van der Waals surface area contributed by atoms with E-state index in [1.807, 2.05) is 12.1 Å². The van der Waals surface area contributed by atoms with Crippen molar-refractivity contribution in [1.29, 1.82) is 0 Å². The Morgan fingerprint density at radius 3 is 2.39 bits per heavy atom. The minimum atomic E-state index is 0.551. The van der Waals surface area contributed by atoms with Crippen molar-refractivity contribution in [3.05, 3.63) is 66.7 Å². The van der Waals surface area contributed by atoms with Gasteiger partial charge >= 0.3 is 6.01 Å². The minimum absolute atomic E-state index is 0.551. The molecule has 6 rings (SSSR count). The van der Waals surface area contributed by atoms with Gasteiger partial charge in [0.2, 0.25) is 5.69 Å². The molecule has 28 heavy (non-hydrogen) atoms. The van der Waals surface area contributed by atoms with Gasteiger partial charge in [0.25, 0.3) is 11.4 Å². The second-order valence-electron chi connectivity index (χ2n) is 7.86. The molecule has 3 aromatic carbocycles. The fourth-order valence-corrected chi connectivity index (χ4v) is 4.74. The van der Waals surface area contributed by atoms with Gasteiger partial charge in [-0.2, -0.15) is 0 Å². The Morgan fingerprint density at radius 2 is 1.50 bits per heavy atom. The lowest BCUT2D eigenvalue weighted by Gasteiger charge is -2.15. The number of rotatable bonds is 2. The highest BCUT2D eigenvalue weighted by molar-refractivity contribution is 6.05. The zero-order valence-electron chi connectivity index (χ0n) is 15.8. The van der Waals surface area contributed by atoms with Gasteiger partial charge in [0, 0.05) is 41.8 Å². The third-order valence-corrected chi connectivity index (χ3v) is 6.15. The Morgan fingerprint density at radius 1 is 0.750 bits per heavy atom. The molecule has 1 fully saturated rings. The highest BCUT2D eigenvalue weighted by Gasteiger charge is 2.39. The molecule has 0 spiro atoms. The van der Waals surface area contributed by atoms with Crippen LogP contribution in [-0.4, -0.2) is 16.6 Å². The Labute approximate surface area is 163 Å². The van der Waals surface area contributed by atoms with Crippen molar-refractivity contribution in [2.45, 2.75) is 38.1 Å². The fraction of sp³-hybridized carbons (Fsp3) is 0.240. The fourth-order valence-electron chi connectivity index (χ4n) is 4.74. The summed E-state index contributed by atoms with van der Waals surface area (Å²) >= 11 is 0. The van der Waals surface area contributed by atoms with E-state index in [1.165, 1.54) is 48.9 Å². The molecule has 3 nitrogen and oxygen atoms in total. The second-order valence-corrected chi connectivity index (χ2v) is 7.86. The molecule has 1 aliphatic heterocycles. The average molecular weight is 366 g/mol. The predicted octanol–water partition coefficient (Wildman–Crippen LogP) is 6.58. The van der Waals surface area contributed by atoms with Gasteiger partial charge in [-0.05, 0) is 29.5 Å². The molecule has 0 radical (unpaired) electrons. The number of fused-ring (bicyclic) bond motifs is 4. The van der Waals surface area contributed by atoms with Crippen molar-refractivity contribution < 1.29 is 8.99 Å². The molecule has 2 aliphatic rings. The predicted molar refractivity (Wildman–Crippen MR) is 113 cm³/mol. The first kappa shape index (κ1) is 15.9. The van der Waals surface area contributed by atoms with Crippen LogP contribution in [0.1, 0.15) is 32.1 Å². The molecule has 3 heteroatoms. The van der Waals surface area contributed by atoms with Gasteiger partial charge in [-0.3, -0.25) is 0 Å². The summed E-state index contributed by atoms with van der Waals surface area (Å²) in [6, 6.07) is 27.6. The Bertz CT molecular complexity index is 1280. The van der Waals surface area contributed by atoms with Crippen LogP contribution in [0, 0.1) is 0 Å². The number of para-hydroxylation sites is 3. The van der Waals surface area contributed by atoms with Crippen LogP contribution in [0.2, 0.25) is 0 Å². The zero-order chi connectivity index (χ0) is 18.5. The maximum absolute atomic E-state index is 6.12. The Kier molecular flexibility index (Phi) is 3.50. The van der Waals surface area contributed by atoms with Gasteiger partial charge in [0.1, 0.15) is 11.2 Å². The van der Waals surface area contributed by atoms with E-state index < -0.39 is 0 Å². The van der Waals surface area contributed by atoms with E-state index in [9.17, 15) is 0 Å². The highest BCUT2D eigenvalue weighted by Crippen LogP contribution is 2.38. The van der Waals surface area contributed by atoms with Gasteiger partial charge < -0.3 is 4.42 Å². The molecule has 0 amide bonds. The standard InChI is InChI=1S/C25H22N2O/c1-2-8-18(9-3-1)26-17-27(23-12-6-5-11-22(23)26)19-14-15-21-20-10-4-7-13-24(20)28-25(21)16-19/h4-7,10-16,18H,1-3,8-9H2/q+2. The summed E-state index contributed by atoms with van der Waals surface area (Å²) in [5.41, 5.74) is 5.42. The molecule has 1 aromatic heterocycles. The molecule has 0 unspecified atom stereocenters. The van der Waals surface area contributed by atoms with Crippen LogP contribution >= 0.6 is 0 Å². The molecular formula is C25H22N2O+2. The van der Waals surface area contributed by atoms with Gasteiger partial charge in [0.15, 0.2) is 6.04 Å². The quantitative estimate of drug-likeness (QED) is 0.366. The molecule has 1 aliphatic carbocycles. The largest absolute Gasteiger partial charge is 0.496 e. The van der Waals surface area contributed by atoms with Crippen LogP contribution in [-0.2, 0) is 0 Å². The van der Waals surface area contributed by atoms with Gasteiger partial charge in [0.05, 0.1) is 6.07 Å². The van der Waals surface area contributed by atoms with Crippen molar-refractivity contribution in [2.75, 3.05) is 0 Å². The van der Waals surface area contributed by atoms with Crippen molar-refractivity contribution >= 4 is 45.0 Å². The van der Waals surface area contributed by atoms with E-state index in [-0.39, 0.29) is 0 Å². The van der Waals surface area contributed by atoms with Crippen LogP contribution in [0.3, 0.4) is 0 Å². The number of furan rings is 1. The lowest BCUT2D eigenvalue weighted by Crippen LogP contribution is -2.23. The zero-order valence-corrected chi connectivity index (χ0v) is 15.8. The number of hydrogen-bond acceptors (Lipinski definition) is 1. The van der Waals surface area contributed by atoms with Crippen LogP contribution in [0.15, 0.2) is 71.1 Å². The maximum Gasteiger partial charge on any atom is 0.496 e. The second kappa shape index (κ2) is 6.19. The summed E-state index contributed by atoms with van der Waals surface area (Å²) in [6.45, 7) is 0. The summed E-state index contributed by atoms with van der Waals surface area (Å²) < 4.78 is 10.7. The molecule has 0 bridgehead atoms. The van der Waals surface area contributed by atoms with E-state index in [0.717, 1.165) is 22.2 Å². The first-order valence-electron chi connectivity index (χ1n) is 10.2. The summed E-state index contributed by atoms with van der Waals surface area (Å²) in [6.07, 6.45) is 6.49. The molecule has 4 aromatic rings. The molecule has 0 N–H and O–H groups in total. The van der Waals surface area contributed by atoms with Gasteiger partial charge in [-0.15, -0.1) is 0 Å². The number of nitrogens with zero attached hydrogens (tertiary/aromatic N) is 2. The SMILES string of the molecule is C1=[N+](c2ccc3c(c2)oc2ccccc23)c2ccccc2[N+]=1C1CCCCC1. The molecule has 1 saturated carbocycles. The summed E-state index contributed by atoms with van der Waals surface area (Å²) in [5, 5.41) is 2.33. The van der Waals surface area contributed by atoms with E-state index in [4.69, 9.17) is 4.42 Å². The van der Waals surface area contributed by atoms with E-state index in [2.05, 4.69) is 69.8 Å². The normalized spacial score (nSPS) is 17.0. The first-order valence-corrected chi connectivity index (χ1v) is 10.2. The third-order valence-electron chi connectivity index (χ3n) is 6.15. The lowest BCUT2D eigenvalue weighted by molar-refractivity contribution is -0.480. The topological polar surface area (TPSA) is 19.2 Å². The molecule has 2 heterocycles. The van der Waals surface area contributed by atoms with Crippen molar-refractivity contribution in [2.24, 2.45) is 0 Å². The number of hydrogen-bond donors (Lipinski definition) is 0. The van der Waals surface area contributed by atoms with Gasteiger partial charge in [-0.25, -0.2) is 0 Å². The Balaban J connectivity index is 1.54. The average Bonchev–Trinajstić information content (AvgIpc) is 3.32. The van der Waals surface area contributed by atoms with Crippen LogP contribution in [0.5, 0.6) is 0 Å². The Hall–Kier alpha value is -3.16. The smallest absolute Gasteiger partial charge is 0.456 e. The lowest BCUT2D eigenvalue weighted by atomic mass is 9.95. The summed E-state index contributed by atoms with van der Waals surface area (Å²) in [7, 11) is 0. The summed E-state index contributed by atoms with van der Waals surface area (Å²) in [5.74, 6) is 0. The highest BCUT2D eigenvalue weighted by atomic mass is 16.3. The minimum Gasteiger partial charge on any atom is -0.456 e. The first-order chi connectivity index (χ1) is 13.9.